The van der Waals surface area contributed by atoms with Crippen LogP contribution in [0.3, 0.4) is 0 Å². The number of anilines is 3. The maximum Gasteiger partial charge on any atom is 0.164 e. The molecule has 10 aromatic rings. The molecular weight excluding hydrogens is 733 g/mol. The van der Waals surface area contributed by atoms with Gasteiger partial charge in [0.15, 0.2) is 17.5 Å². The maximum atomic E-state index is 6.83. The van der Waals surface area contributed by atoms with Crippen molar-refractivity contribution in [3.8, 4) is 79.0 Å². The molecule has 0 atom stereocenters. The predicted octanol–water partition coefficient (Wildman–Crippen LogP) is 14.6. The number of rotatable bonds is 8. The summed E-state index contributed by atoms with van der Waals surface area (Å²) in [7, 11) is 0. The summed E-state index contributed by atoms with van der Waals surface area (Å²) in [4.78, 5) is 17.2. The summed E-state index contributed by atoms with van der Waals surface area (Å²) in [6.07, 6.45) is 0. The molecule has 11 rings (SSSR count). The van der Waals surface area contributed by atoms with Crippen molar-refractivity contribution >= 4 is 27.8 Å². The van der Waals surface area contributed by atoms with E-state index in [0.717, 1.165) is 67.2 Å². The Morgan fingerprint density at radius 1 is 0.317 bits per heavy atom. The Labute approximate surface area is 348 Å². The molecule has 5 nitrogen and oxygen atoms in total. The molecule has 0 aliphatic carbocycles. The number of hydrogen-bond donors (Lipinski definition) is 0. The second-order valence-corrected chi connectivity index (χ2v) is 14.8. The lowest BCUT2D eigenvalue weighted by Crippen LogP contribution is -2.11. The summed E-state index contributed by atoms with van der Waals surface area (Å²) in [5, 5.41) is 2.16. The van der Waals surface area contributed by atoms with Crippen molar-refractivity contribution in [2.75, 3.05) is 4.90 Å². The summed E-state index contributed by atoms with van der Waals surface area (Å²) in [6.45, 7) is 0. The molecule has 282 valence electrons. The van der Waals surface area contributed by atoms with Gasteiger partial charge in [0.2, 0.25) is 0 Å². The number of hydrogen-bond acceptors (Lipinski definition) is 5. The monoisotopic (exact) mass is 768 g/mol. The van der Waals surface area contributed by atoms with Crippen LogP contribution in [-0.4, -0.2) is 15.0 Å². The lowest BCUT2D eigenvalue weighted by Gasteiger charge is -2.29. The fourth-order valence-electron chi connectivity index (χ4n) is 8.18. The fourth-order valence-corrected chi connectivity index (χ4v) is 8.18. The zero-order valence-corrected chi connectivity index (χ0v) is 32.5. The quantitative estimate of drug-likeness (QED) is 0.154. The third-order valence-electron chi connectivity index (χ3n) is 11.1. The molecule has 0 radical (unpaired) electrons. The normalized spacial score (nSPS) is 11.5. The van der Waals surface area contributed by atoms with E-state index in [1.807, 2.05) is 60.7 Å². The standard InChI is InChI=1S/C55H36N4O/c1-5-14-37(15-6-1)39-24-29-44(30-25-39)59(45-31-26-40(27-32-45)38-16-7-2-8-17-38)49-34-35-50-52-47(22-13-23-48(49)52)46-33-28-43(36-51(46)60-50)55-57-53(41-18-9-3-10-19-41)56-54(58-55)42-20-11-4-12-21-42/h1-36H. The van der Waals surface area contributed by atoms with Gasteiger partial charge in [0, 0.05) is 44.4 Å². The van der Waals surface area contributed by atoms with Crippen LogP contribution in [0, 0.1) is 0 Å². The van der Waals surface area contributed by atoms with E-state index in [1.54, 1.807) is 0 Å². The predicted molar refractivity (Wildman–Crippen MR) is 245 cm³/mol. The molecule has 0 N–H and O–H groups in total. The van der Waals surface area contributed by atoms with Gasteiger partial charge in [-0.25, -0.2) is 15.0 Å². The van der Waals surface area contributed by atoms with E-state index < -0.39 is 0 Å². The Hall–Kier alpha value is -8.15. The first-order valence-corrected chi connectivity index (χ1v) is 20.1. The Balaban J connectivity index is 1.02. The van der Waals surface area contributed by atoms with Crippen molar-refractivity contribution in [2.24, 2.45) is 0 Å². The van der Waals surface area contributed by atoms with Gasteiger partial charge < -0.3 is 9.64 Å². The Bertz CT molecular complexity index is 3000. The van der Waals surface area contributed by atoms with Gasteiger partial charge in [-0.2, -0.15) is 0 Å². The van der Waals surface area contributed by atoms with Crippen molar-refractivity contribution < 1.29 is 4.74 Å². The lowest BCUT2D eigenvalue weighted by atomic mass is 9.92. The van der Waals surface area contributed by atoms with Gasteiger partial charge in [0.25, 0.3) is 0 Å². The van der Waals surface area contributed by atoms with Gasteiger partial charge >= 0.3 is 0 Å². The molecule has 0 spiro atoms. The fraction of sp³-hybridized carbons (Fsp3) is 0. The van der Waals surface area contributed by atoms with Crippen LogP contribution in [0.25, 0.3) is 78.3 Å². The van der Waals surface area contributed by atoms with E-state index in [4.69, 9.17) is 19.7 Å². The number of ether oxygens (including phenoxy) is 1. The first-order valence-electron chi connectivity index (χ1n) is 20.1. The molecule has 1 aromatic heterocycles. The molecule has 5 heteroatoms. The van der Waals surface area contributed by atoms with Crippen molar-refractivity contribution in [3.63, 3.8) is 0 Å². The van der Waals surface area contributed by atoms with Gasteiger partial charge in [0.05, 0.1) is 5.69 Å². The van der Waals surface area contributed by atoms with Gasteiger partial charge in [-0.15, -0.1) is 0 Å². The van der Waals surface area contributed by atoms with Crippen LogP contribution in [-0.2, 0) is 0 Å². The first-order chi connectivity index (χ1) is 29.7. The van der Waals surface area contributed by atoms with Crippen LogP contribution in [0.1, 0.15) is 0 Å². The summed E-state index contributed by atoms with van der Waals surface area (Å²) in [5.41, 5.74) is 12.7. The number of benzene rings is 9. The van der Waals surface area contributed by atoms with Crippen molar-refractivity contribution in [1.82, 2.24) is 15.0 Å². The van der Waals surface area contributed by atoms with Crippen LogP contribution >= 0.6 is 0 Å². The summed E-state index contributed by atoms with van der Waals surface area (Å²) in [5.74, 6) is 3.39. The molecule has 0 saturated heterocycles. The van der Waals surface area contributed by atoms with Crippen LogP contribution in [0.4, 0.5) is 17.1 Å². The SMILES string of the molecule is c1ccc(-c2ccc(N(c3ccc(-c4ccccc4)cc3)c3ccc4c5c(cccc35)-c3ccc(-c5nc(-c6ccccc6)nc(-c6ccccc6)n5)cc3O4)cc2)cc1. The van der Waals surface area contributed by atoms with Gasteiger partial charge in [-0.05, 0) is 76.3 Å². The summed E-state index contributed by atoms with van der Waals surface area (Å²) < 4.78 is 6.83. The van der Waals surface area contributed by atoms with Crippen molar-refractivity contribution in [1.29, 1.82) is 0 Å². The van der Waals surface area contributed by atoms with Crippen LogP contribution in [0.2, 0.25) is 0 Å². The highest BCUT2D eigenvalue weighted by molar-refractivity contribution is 6.11. The highest BCUT2D eigenvalue weighted by Crippen LogP contribution is 2.51. The summed E-state index contributed by atoms with van der Waals surface area (Å²) >= 11 is 0. The van der Waals surface area contributed by atoms with E-state index in [2.05, 4.69) is 163 Å². The maximum absolute atomic E-state index is 6.83. The van der Waals surface area contributed by atoms with Crippen molar-refractivity contribution in [3.05, 3.63) is 218 Å². The molecule has 0 bridgehead atoms. The molecule has 2 heterocycles. The smallest absolute Gasteiger partial charge is 0.164 e. The molecule has 1 aliphatic heterocycles. The van der Waals surface area contributed by atoms with E-state index in [1.165, 1.54) is 22.3 Å². The molecule has 0 amide bonds. The summed E-state index contributed by atoms with van der Waals surface area (Å²) in [6, 6.07) is 75.9. The first kappa shape index (κ1) is 35.0. The van der Waals surface area contributed by atoms with Crippen LogP contribution in [0.5, 0.6) is 11.5 Å². The third kappa shape index (κ3) is 6.45. The van der Waals surface area contributed by atoms with E-state index >= 15 is 0 Å². The van der Waals surface area contributed by atoms with Gasteiger partial charge in [-0.3, -0.25) is 0 Å². The highest BCUT2D eigenvalue weighted by atomic mass is 16.5. The number of fused-ring (bicyclic) bond motifs is 2. The topological polar surface area (TPSA) is 51.1 Å². The highest BCUT2D eigenvalue weighted by Gasteiger charge is 2.25. The molecule has 60 heavy (non-hydrogen) atoms. The van der Waals surface area contributed by atoms with Gasteiger partial charge in [0.1, 0.15) is 11.5 Å². The molecule has 0 saturated carbocycles. The second-order valence-electron chi connectivity index (χ2n) is 14.8. The van der Waals surface area contributed by atoms with Gasteiger partial charge in [-0.1, -0.05) is 170 Å². The average molecular weight is 769 g/mol. The molecular formula is C55H36N4O. The molecule has 0 fully saturated rings. The molecule has 0 unspecified atom stereocenters. The average Bonchev–Trinajstić information content (AvgIpc) is 3.33. The number of aromatic nitrogens is 3. The van der Waals surface area contributed by atoms with Crippen LogP contribution < -0.4 is 9.64 Å². The zero-order chi connectivity index (χ0) is 39.8. The van der Waals surface area contributed by atoms with Crippen molar-refractivity contribution in [2.45, 2.75) is 0 Å². The van der Waals surface area contributed by atoms with E-state index in [-0.39, 0.29) is 0 Å². The molecule has 9 aromatic carbocycles. The largest absolute Gasteiger partial charge is 0.456 e. The second kappa shape index (κ2) is 15.0. The minimum absolute atomic E-state index is 0.584. The van der Waals surface area contributed by atoms with E-state index in [9.17, 15) is 0 Å². The zero-order valence-electron chi connectivity index (χ0n) is 32.5. The molecule has 1 aliphatic rings. The third-order valence-corrected chi connectivity index (χ3v) is 11.1. The van der Waals surface area contributed by atoms with Crippen LogP contribution in [0.15, 0.2) is 218 Å². The minimum atomic E-state index is 0.584. The Kier molecular flexibility index (Phi) is 8.75. The lowest BCUT2D eigenvalue weighted by molar-refractivity contribution is 0.487. The Morgan fingerprint density at radius 3 is 1.28 bits per heavy atom. The number of nitrogens with zero attached hydrogens (tertiary/aromatic N) is 4. The Morgan fingerprint density at radius 2 is 0.767 bits per heavy atom. The minimum Gasteiger partial charge on any atom is -0.456 e. The van der Waals surface area contributed by atoms with E-state index in [0.29, 0.717) is 17.5 Å².